The molecule has 0 fully saturated rings. The van der Waals surface area contributed by atoms with Gasteiger partial charge in [-0.25, -0.2) is 0 Å². The van der Waals surface area contributed by atoms with Crippen LogP contribution in [0.1, 0.15) is 32.1 Å². The molecule has 1 aromatic heterocycles. The van der Waals surface area contributed by atoms with E-state index in [1.165, 1.54) is 0 Å². The lowest BCUT2D eigenvalue weighted by molar-refractivity contribution is 0.409. The van der Waals surface area contributed by atoms with Gasteiger partial charge in [-0.2, -0.15) is 0 Å². The van der Waals surface area contributed by atoms with Gasteiger partial charge in [0.1, 0.15) is 5.76 Å². The number of halogens is 1. The molecule has 0 radical (unpaired) electrons. The maximum absolute atomic E-state index is 6.00. The lowest BCUT2D eigenvalue weighted by atomic mass is 9.93. The molecule has 1 heterocycles. The van der Waals surface area contributed by atoms with E-state index in [1.54, 1.807) is 6.26 Å². The van der Waals surface area contributed by atoms with Crippen LogP contribution in [0.15, 0.2) is 10.7 Å². The van der Waals surface area contributed by atoms with Crippen molar-refractivity contribution in [2.24, 2.45) is 0 Å². The van der Waals surface area contributed by atoms with Crippen LogP contribution in [0.25, 0.3) is 0 Å². The molecule has 0 aliphatic rings. The van der Waals surface area contributed by atoms with Crippen molar-refractivity contribution in [3.63, 3.8) is 0 Å². The number of furan rings is 1. The van der Waals surface area contributed by atoms with Crippen LogP contribution >= 0.6 is 11.6 Å². The molecule has 0 bridgehead atoms. The molecule has 0 N–H and O–H groups in total. The van der Waals surface area contributed by atoms with E-state index >= 15 is 0 Å². The lowest BCUT2D eigenvalue weighted by Gasteiger charge is -2.14. The topological polar surface area (TPSA) is 13.1 Å². The Morgan fingerprint density at radius 3 is 2.09 bits per heavy atom. The molecule has 0 amide bonds. The van der Waals surface area contributed by atoms with E-state index in [-0.39, 0.29) is 5.41 Å². The number of hydrogen-bond acceptors (Lipinski definition) is 1. The molecule has 62 valence electrons. The monoisotopic (exact) mass is 172 g/mol. The first-order valence-corrected chi connectivity index (χ1v) is 4.05. The van der Waals surface area contributed by atoms with Crippen molar-refractivity contribution in [2.75, 3.05) is 0 Å². The minimum Gasteiger partial charge on any atom is -0.467 e. The van der Waals surface area contributed by atoms with Gasteiger partial charge in [-0.3, -0.25) is 0 Å². The van der Waals surface area contributed by atoms with Crippen molar-refractivity contribution in [1.29, 1.82) is 0 Å². The van der Waals surface area contributed by atoms with Gasteiger partial charge in [-0.1, -0.05) is 32.4 Å². The third kappa shape index (κ3) is 1.59. The van der Waals surface area contributed by atoms with E-state index < -0.39 is 0 Å². The summed E-state index contributed by atoms with van der Waals surface area (Å²) in [5.74, 6) is 0.872. The third-order valence-electron chi connectivity index (χ3n) is 1.58. The number of aryl methyl sites for hydroxylation is 1. The highest BCUT2D eigenvalue weighted by atomic mass is 35.5. The minimum atomic E-state index is 0.00530. The second-order valence-corrected chi connectivity index (χ2v) is 4.19. The molecule has 0 aliphatic carbocycles. The maximum atomic E-state index is 6.00. The van der Waals surface area contributed by atoms with Gasteiger partial charge in [0, 0.05) is 11.0 Å². The van der Waals surface area contributed by atoms with E-state index in [9.17, 15) is 0 Å². The summed E-state index contributed by atoms with van der Waals surface area (Å²) >= 11 is 6.00. The highest BCUT2D eigenvalue weighted by Crippen LogP contribution is 2.32. The molecule has 0 unspecified atom stereocenters. The first kappa shape index (κ1) is 8.66. The normalized spacial score (nSPS) is 12.1. The van der Waals surface area contributed by atoms with Gasteiger partial charge in [0.05, 0.1) is 11.3 Å². The molecule has 0 saturated carbocycles. The second-order valence-electron chi connectivity index (χ2n) is 3.81. The fourth-order valence-corrected chi connectivity index (χ4v) is 1.31. The predicted molar refractivity (Wildman–Crippen MR) is 47.2 cm³/mol. The molecule has 1 aromatic rings. The predicted octanol–water partition coefficient (Wildman–Crippen LogP) is 3.54. The lowest BCUT2D eigenvalue weighted by Crippen LogP contribution is -2.09. The molecule has 0 saturated heterocycles. The van der Waals surface area contributed by atoms with Crippen LogP contribution in [0, 0.1) is 6.92 Å². The molecule has 0 atom stereocenters. The summed E-state index contributed by atoms with van der Waals surface area (Å²) in [5.41, 5.74) is 1.02. The van der Waals surface area contributed by atoms with Crippen LogP contribution in [-0.4, -0.2) is 0 Å². The Labute approximate surface area is 72.4 Å². The zero-order chi connectivity index (χ0) is 8.65. The molecular formula is C9H13ClO. The quantitative estimate of drug-likeness (QED) is 0.584. The van der Waals surface area contributed by atoms with Crippen LogP contribution in [0.2, 0.25) is 5.02 Å². The Kier molecular flexibility index (Phi) is 2.02. The van der Waals surface area contributed by atoms with E-state index in [0.29, 0.717) is 0 Å². The van der Waals surface area contributed by atoms with E-state index in [2.05, 4.69) is 20.8 Å². The van der Waals surface area contributed by atoms with Gasteiger partial charge in [-0.15, -0.1) is 0 Å². The van der Waals surface area contributed by atoms with Crippen LogP contribution in [0.5, 0.6) is 0 Å². The summed E-state index contributed by atoms with van der Waals surface area (Å²) in [7, 11) is 0. The van der Waals surface area contributed by atoms with Gasteiger partial charge in [0.2, 0.25) is 0 Å². The summed E-state index contributed by atoms with van der Waals surface area (Å²) in [6, 6.07) is 0. The van der Waals surface area contributed by atoms with Crippen molar-refractivity contribution < 1.29 is 4.42 Å². The van der Waals surface area contributed by atoms with E-state index in [0.717, 1.165) is 16.3 Å². The first-order chi connectivity index (χ1) is 4.93. The Bertz CT molecular complexity index is 255. The fraction of sp³-hybridized carbons (Fsp3) is 0.556. The van der Waals surface area contributed by atoms with Gasteiger partial charge in [0.15, 0.2) is 0 Å². The van der Waals surface area contributed by atoms with Crippen LogP contribution < -0.4 is 0 Å². The standard InChI is InChI=1S/C9H13ClO/c1-6-5-11-8(7(6)10)9(2,3)4/h5H,1-4H3. The Hall–Kier alpha value is -0.430. The largest absolute Gasteiger partial charge is 0.467 e. The molecule has 11 heavy (non-hydrogen) atoms. The molecule has 0 spiro atoms. The Balaban J connectivity index is 3.15. The van der Waals surface area contributed by atoms with Crippen LogP contribution in [0.3, 0.4) is 0 Å². The second kappa shape index (κ2) is 2.56. The zero-order valence-electron chi connectivity index (χ0n) is 7.36. The van der Waals surface area contributed by atoms with Crippen molar-refractivity contribution >= 4 is 11.6 Å². The third-order valence-corrected chi connectivity index (χ3v) is 2.05. The zero-order valence-corrected chi connectivity index (χ0v) is 8.12. The smallest absolute Gasteiger partial charge is 0.127 e. The molecule has 1 rings (SSSR count). The SMILES string of the molecule is Cc1coc(C(C)(C)C)c1Cl. The van der Waals surface area contributed by atoms with Crippen molar-refractivity contribution in [3.05, 3.63) is 22.6 Å². The van der Waals surface area contributed by atoms with Gasteiger partial charge in [-0.05, 0) is 6.92 Å². The highest BCUT2D eigenvalue weighted by Gasteiger charge is 2.22. The van der Waals surface area contributed by atoms with E-state index in [4.69, 9.17) is 16.0 Å². The fourth-order valence-electron chi connectivity index (χ4n) is 0.936. The molecule has 2 heteroatoms. The molecule has 1 nitrogen and oxygen atoms in total. The van der Waals surface area contributed by atoms with Gasteiger partial charge in [0.25, 0.3) is 0 Å². The number of hydrogen-bond donors (Lipinski definition) is 0. The number of rotatable bonds is 0. The summed E-state index contributed by atoms with van der Waals surface area (Å²) in [6.45, 7) is 8.19. The van der Waals surface area contributed by atoms with Crippen molar-refractivity contribution in [2.45, 2.75) is 33.1 Å². The van der Waals surface area contributed by atoms with Gasteiger partial charge >= 0.3 is 0 Å². The molecule has 0 aromatic carbocycles. The summed E-state index contributed by atoms with van der Waals surface area (Å²) < 4.78 is 5.33. The van der Waals surface area contributed by atoms with Crippen molar-refractivity contribution in [1.82, 2.24) is 0 Å². The first-order valence-electron chi connectivity index (χ1n) is 3.67. The summed E-state index contributed by atoms with van der Waals surface area (Å²) in [6.07, 6.45) is 1.70. The molecule has 0 aliphatic heterocycles. The Morgan fingerprint density at radius 2 is 1.91 bits per heavy atom. The van der Waals surface area contributed by atoms with E-state index in [1.807, 2.05) is 6.92 Å². The summed E-state index contributed by atoms with van der Waals surface area (Å²) in [5, 5.41) is 0.762. The Morgan fingerprint density at radius 1 is 1.36 bits per heavy atom. The van der Waals surface area contributed by atoms with Crippen LogP contribution in [-0.2, 0) is 5.41 Å². The van der Waals surface area contributed by atoms with Gasteiger partial charge < -0.3 is 4.42 Å². The average molecular weight is 173 g/mol. The molecular weight excluding hydrogens is 160 g/mol. The minimum absolute atomic E-state index is 0.00530. The van der Waals surface area contributed by atoms with Crippen molar-refractivity contribution in [3.8, 4) is 0 Å². The van der Waals surface area contributed by atoms with Crippen LogP contribution in [0.4, 0.5) is 0 Å². The average Bonchev–Trinajstić information content (AvgIpc) is 2.11. The summed E-state index contributed by atoms with van der Waals surface area (Å²) in [4.78, 5) is 0. The highest BCUT2D eigenvalue weighted by molar-refractivity contribution is 6.32. The maximum Gasteiger partial charge on any atom is 0.127 e.